The van der Waals surface area contributed by atoms with Gasteiger partial charge in [-0.1, -0.05) is 24.3 Å². The van der Waals surface area contributed by atoms with Crippen molar-refractivity contribution in [3.8, 4) is 0 Å². The van der Waals surface area contributed by atoms with Crippen LogP contribution in [0.4, 0.5) is 5.82 Å². The number of rotatable bonds is 3. The monoisotopic (exact) mass is 252 g/mol. The molecular formula is C17H20N2. The Morgan fingerprint density at radius 2 is 2.11 bits per heavy atom. The lowest BCUT2D eigenvalue weighted by Gasteiger charge is -2.25. The summed E-state index contributed by atoms with van der Waals surface area (Å²) in [5, 5.41) is 0. The van der Waals surface area contributed by atoms with E-state index in [9.17, 15) is 0 Å². The van der Waals surface area contributed by atoms with Crippen molar-refractivity contribution in [1.82, 2.24) is 4.98 Å². The van der Waals surface area contributed by atoms with E-state index in [0.717, 1.165) is 6.42 Å². The van der Waals surface area contributed by atoms with Crippen LogP contribution in [0.1, 0.15) is 41.9 Å². The van der Waals surface area contributed by atoms with E-state index in [2.05, 4.69) is 35.3 Å². The van der Waals surface area contributed by atoms with Crippen molar-refractivity contribution >= 4 is 5.82 Å². The second kappa shape index (κ2) is 5.43. The molecule has 0 aliphatic heterocycles. The number of aromatic nitrogens is 1. The minimum atomic E-state index is 0.626. The molecule has 0 radical (unpaired) electrons. The number of aryl methyl sites for hydroxylation is 2. The van der Waals surface area contributed by atoms with Gasteiger partial charge in [0.15, 0.2) is 0 Å². The van der Waals surface area contributed by atoms with Crippen molar-refractivity contribution in [2.24, 2.45) is 0 Å². The van der Waals surface area contributed by atoms with Gasteiger partial charge in [0, 0.05) is 6.20 Å². The van der Waals surface area contributed by atoms with Gasteiger partial charge >= 0.3 is 0 Å². The van der Waals surface area contributed by atoms with Crippen molar-refractivity contribution in [3.05, 3.63) is 59.3 Å². The number of nitrogen functional groups attached to an aromatic ring is 1. The van der Waals surface area contributed by atoms with Gasteiger partial charge in [-0.25, -0.2) is 4.98 Å². The first-order chi connectivity index (χ1) is 9.33. The molecular weight excluding hydrogens is 232 g/mol. The van der Waals surface area contributed by atoms with Gasteiger partial charge in [0.2, 0.25) is 0 Å². The number of anilines is 1. The molecule has 1 aromatic heterocycles. The van der Waals surface area contributed by atoms with Gasteiger partial charge in [-0.05, 0) is 66.8 Å². The average molecular weight is 252 g/mol. The Bertz CT molecular complexity index is 563. The molecule has 0 amide bonds. The van der Waals surface area contributed by atoms with E-state index >= 15 is 0 Å². The summed E-state index contributed by atoms with van der Waals surface area (Å²) in [5.41, 5.74) is 10.1. The van der Waals surface area contributed by atoms with Gasteiger partial charge in [-0.3, -0.25) is 0 Å². The topological polar surface area (TPSA) is 38.9 Å². The Kier molecular flexibility index (Phi) is 3.49. The third kappa shape index (κ3) is 2.78. The zero-order valence-electron chi connectivity index (χ0n) is 11.2. The molecule has 0 spiro atoms. The normalized spacial score (nSPS) is 18.0. The van der Waals surface area contributed by atoms with Gasteiger partial charge in [0.25, 0.3) is 0 Å². The van der Waals surface area contributed by atoms with Gasteiger partial charge < -0.3 is 5.73 Å². The molecule has 2 aromatic rings. The highest BCUT2D eigenvalue weighted by Gasteiger charge is 2.19. The molecule has 0 bridgehead atoms. The van der Waals surface area contributed by atoms with E-state index in [1.54, 1.807) is 17.3 Å². The number of nitrogens with zero attached hydrogens (tertiary/aromatic N) is 1. The summed E-state index contributed by atoms with van der Waals surface area (Å²) in [5.74, 6) is 1.33. The fraction of sp³-hybridized carbons (Fsp3) is 0.353. The average Bonchev–Trinajstić information content (AvgIpc) is 2.45. The van der Waals surface area contributed by atoms with E-state index in [1.807, 2.05) is 6.07 Å². The van der Waals surface area contributed by atoms with E-state index in [-0.39, 0.29) is 0 Å². The number of pyridine rings is 1. The van der Waals surface area contributed by atoms with Crippen molar-refractivity contribution in [1.29, 1.82) is 0 Å². The molecule has 2 N–H and O–H groups in total. The molecule has 1 atom stereocenters. The molecule has 3 rings (SSSR count). The largest absolute Gasteiger partial charge is 0.384 e. The lowest BCUT2D eigenvalue weighted by atomic mass is 9.80. The Balaban J connectivity index is 1.71. The highest BCUT2D eigenvalue weighted by Crippen LogP contribution is 2.34. The number of nitrogens with two attached hydrogens (primary N) is 1. The number of benzene rings is 1. The summed E-state index contributed by atoms with van der Waals surface area (Å²) in [7, 11) is 0. The third-order valence-corrected chi connectivity index (χ3v) is 4.12. The molecule has 2 heteroatoms. The van der Waals surface area contributed by atoms with Crippen LogP contribution in [-0.4, -0.2) is 4.98 Å². The predicted molar refractivity (Wildman–Crippen MR) is 79.1 cm³/mol. The van der Waals surface area contributed by atoms with Gasteiger partial charge in [0.05, 0.1) is 0 Å². The molecule has 0 saturated heterocycles. The number of fused-ring (bicyclic) bond motifs is 1. The van der Waals surface area contributed by atoms with Crippen LogP contribution in [0.2, 0.25) is 0 Å². The molecule has 2 nitrogen and oxygen atoms in total. The predicted octanol–water partition coefficient (Wildman–Crippen LogP) is 3.72. The molecule has 1 heterocycles. The van der Waals surface area contributed by atoms with Crippen molar-refractivity contribution in [3.63, 3.8) is 0 Å². The van der Waals surface area contributed by atoms with E-state index in [1.165, 1.54) is 31.2 Å². The van der Waals surface area contributed by atoms with Crippen molar-refractivity contribution in [2.75, 3.05) is 5.73 Å². The summed E-state index contributed by atoms with van der Waals surface area (Å²) in [6, 6.07) is 13.0. The summed E-state index contributed by atoms with van der Waals surface area (Å²) in [6.45, 7) is 0. The molecule has 1 aliphatic carbocycles. The quantitative estimate of drug-likeness (QED) is 0.904. The summed E-state index contributed by atoms with van der Waals surface area (Å²) in [4.78, 5) is 4.05. The first-order valence-corrected chi connectivity index (χ1v) is 7.11. The molecule has 0 saturated carbocycles. The van der Waals surface area contributed by atoms with Crippen molar-refractivity contribution in [2.45, 2.75) is 38.0 Å². The summed E-state index contributed by atoms with van der Waals surface area (Å²) in [6.07, 6.45) is 7.98. The Morgan fingerprint density at radius 3 is 3.00 bits per heavy atom. The third-order valence-electron chi connectivity index (χ3n) is 4.12. The molecule has 0 fully saturated rings. The number of hydrogen-bond donors (Lipinski definition) is 1. The lowest BCUT2D eigenvalue weighted by molar-refractivity contribution is 0.520. The SMILES string of the molecule is Nc1cc(CCC2CCCc3ccccc32)ccn1. The van der Waals surface area contributed by atoms with Crippen LogP contribution >= 0.6 is 0 Å². The fourth-order valence-electron chi connectivity index (χ4n) is 3.15. The fourth-order valence-corrected chi connectivity index (χ4v) is 3.15. The highest BCUT2D eigenvalue weighted by molar-refractivity contribution is 5.34. The van der Waals surface area contributed by atoms with E-state index in [0.29, 0.717) is 11.7 Å². The van der Waals surface area contributed by atoms with Gasteiger partial charge in [-0.15, -0.1) is 0 Å². The van der Waals surface area contributed by atoms with Crippen LogP contribution in [0.5, 0.6) is 0 Å². The maximum absolute atomic E-state index is 5.73. The number of hydrogen-bond acceptors (Lipinski definition) is 2. The first-order valence-electron chi connectivity index (χ1n) is 7.11. The Labute approximate surface area is 114 Å². The molecule has 1 unspecified atom stereocenters. The Hall–Kier alpha value is -1.83. The highest BCUT2D eigenvalue weighted by atomic mass is 14.8. The zero-order valence-corrected chi connectivity index (χ0v) is 11.2. The first kappa shape index (κ1) is 12.2. The Morgan fingerprint density at radius 1 is 1.21 bits per heavy atom. The molecule has 1 aromatic carbocycles. The molecule has 19 heavy (non-hydrogen) atoms. The summed E-state index contributed by atoms with van der Waals surface area (Å²) < 4.78 is 0. The standard InChI is InChI=1S/C17H20N2/c18-17-12-13(10-11-19-17)8-9-15-6-3-5-14-4-1-2-7-16(14)15/h1-2,4,7,10-12,15H,3,5-6,8-9H2,(H2,18,19). The maximum atomic E-state index is 5.73. The zero-order chi connectivity index (χ0) is 13.1. The second-order valence-corrected chi connectivity index (χ2v) is 5.42. The van der Waals surface area contributed by atoms with Crippen LogP contribution < -0.4 is 5.73 Å². The minimum Gasteiger partial charge on any atom is -0.384 e. The van der Waals surface area contributed by atoms with Crippen LogP contribution in [-0.2, 0) is 12.8 Å². The van der Waals surface area contributed by atoms with Gasteiger partial charge in [-0.2, -0.15) is 0 Å². The summed E-state index contributed by atoms with van der Waals surface area (Å²) >= 11 is 0. The van der Waals surface area contributed by atoms with Crippen LogP contribution in [0, 0.1) is 0 Å². The smallest absolute Gasteiger partial charge is 0.123 e. The lowest BCUT2D eigenvalue weighted by Crippen LogP contribution is -2.10. The van der Waals surface area contributed by atoms with Gasteiger partial charge in [0.1, 0.15) is 5.82 Å². The van der Waals surface area contributed by atoms with Crippen molar-refractivity contribution < 1.29 is 0 Å². The van der Waals surface area contributed by atoms with Crippen LogP contribution in [0.3, 0.4) is 0 Å². The van der Waals surface area contributed by atoms with Crippen LogP contribution in [0.15, 0.2) is 42.6 Å². The second-order valence-electron chi connectivity index (χ2n) is 5.42. The van der Waals surface area contributed by atoms with E-state index in [4.69, 9.17) is 5.73 Å². The molecule has 98 valence electrons. The molecule has 1 aliphatic rings. The minimum absolute atomic E-state index is 0.626. The van der Waals surface area contributed by atoms with E-state index < -0.39 is 0 Å². The maximum Gasteiger partial charge on any atom is 0.123 e. The van der Waals surface area contributed by atoms with Crippen LogP contribution in [0.25, 0.3) is 0 Å².